The van der Waals surface area contributed by atoms with Crippen LogP contribution in [0.3, 0.4) is 0 Å². The molecule has 7 heteroatoms. The van der Waals surface area contributed by atoms with Gasteiger partial charge >= 0.3 is 0 Å². The van der Waals surface area contributed by atoms with Gasteiger partial charge in [0.1, 0.15) is 11.5 Å². The summed E-state index contributed by atoms with van der Waals surface area (Å²) in [6.07, 6.45) is 0. The van der Waals surface area contributed by atoms with E-state index in [0.29, 0.717) is 49.4 Å². The highest BCUT2D eigenvalue weighted by Gasteiger charge is 2.17. The number of rotatable bonds is 4. The molecule has 0 unspecified atom stereocenters. The number of morpholine rings is 1. The first-order valence-electron chi connectivity index (χ1n) is 10.2. The number of allylic oxidation sites excluding steroid dienone is 1. The van der Waals surface area contributed by atoms with Gasteiger partial charge in [-0.05, 0) is 31.0 Å². The molecule has 31 heavy (non-hydrogen) atoms. The Morgan fingerprint density at radius 3 is 2.48 bits per heavy atom. The van der Waals surface area contributed by atoms with Gasteiger partial charge in [-0.1, -0.05) is 53.2 Å². The van der Waals surface area contributed by atoms with E-state index < -0.39 is 0 Å². The average Bonchev–Trinajstić information content (AvgIpc) is 3.22. The zero-order chi connectivity index (χ0) is 21.8. The molecule has 160 valence electrons. The lowest BCUT2D eigenvalue weighted by atomic mass is 9.95. The number of nitrogens with zero attached hydrogens (tertiary/aromatic N) is 3. The van der Waals surface area contributed by atoms with Crippen LogP contribution in [0.15, 0.2) is 69.7 Å². The molecular weight excluding hydrogens is 395 g/mol. The maximum Gasteiger partial charge on any atom is 0.254 e. The summed E-state index contributed by atoms with van der Waals surface area (Å²) in [4.78, 5) is 6.28. The van der Waals surface area contributed by atoms with Crippen LogP contribution in [0.25, 0.3) is 16.7 Å². The van der Waals surface area contributed by atoms with E-state index in [-0.39, 0.29) is 5.82 Å². The number of hydrogen-bond donors (Lipinski definition) is 1. The number of nitrogens with two attached hydrogens (primary N) is 1. The Balaban J connectivity index is 1.62. The van der Waals surface area contributed by atoms with Crippen LogP contribution in [-0.2, 0) is 4.74 Å². The highest BCUT2D eigenvalue weighted by Crippen LogP contribution is 2.32. The minimum atomic E-state index is -0.291. The molecule has 0 saturated carbocycles. The Bertz CT molecular complexity index is 1110. The van der Waals surface area contributed by atoms with Gasteiger partial charge in [0, 0.05) is 30.3 Å². The molecule has 3 aromatic rings. The van der Waals surface area contributed by atoms with Gasteiger partial charge in [-0.15, -0.1) is 0 Å². The number of aliphatic imine (C=N–C) groups is 1. The summed E-state index contributed by atoms with van der Waals surface area (Å²) < 4.78 is 25.7. The van der Waals surface area contributed by atoms with Gasteiger partial charge in [-0.3, -0.25) is 0 Å². The van der Waals surface area contributed by atoms with Gasteiger partial charge in [-0.25, -0.2) is 4.39 Å². The SMILES string of the molecule is CC(C)=C(c1ccc(-c2ccccc2)c(F)c1)c1cc(/N=C(/N)N2CCOCC2)on1. The molecule has 6 nitrogen and oxygen atoms in total. The first kappa shape index (κ1) is 20.8. The van der Waals surface area contributed by atoms with Crippen LogP contribution < -0.4 is 5.73 Å². The minimum Gasteiger partial charge on any atom is -0.378 e. The van der Waals surface area contributed by atoms with Gasteiger partial charge in [0.2, 0.25) is 0 Å². The van der Waals surface area contributed by atoms with Crippen molar-refractivity contribution in [2.24, 2.45) is 10.7 Å². The molecule has 0 atom stereocenters. The molecule has 0 spiro atoms. The average molecular weight is 420 g/mol. The van der Waals surface area contributed by atoms with E-state index in [1.165, 1.54) is 6.07 Å². The van der Waals surface area contributed by atoms with Crippen LogP contribution in [0.5, 0.6) is 0 Å². The van der Waals surface area contributed by atoms with E-state index in [4.69, 9.17) is 15.0 Å². The van der Waals surface area contributed by atoms with E-state index in [0.717, 1.165) is 22.3 Å². The molecule has 1 aromatic heterocycles. The van der Waals surface area contributed by atoms with Crippen LogP contribution in [0.2, 0.25) is 0 Å². The topological polar surface area (TPSA) is 76.9 Å². The van der Waals surface area contributed by atoms with Crippen LogP contribution in [0.4, 0.5) is 10.3 Å². The quantitative estimate of drug-likeness (QED) is 0.493. The molecule has 0 radical (unpaired) electrons. The zero-order valence-corrected chi connectivity index (χ0v) is 17.6. The van der Waals surface area contributed by atoms with Crippen molar-refractivity contribution >= 4 is 17.4 Å². The van der Waals surface area contributed by atoms with Crippen LogP contribution >= 0.6 is 0 Å². The summed E-state index contributed by atoms with van der Waals surface area (Å²) in [6.45, 7) is 6.51. The second kappa shape index (κ2) is 9.14. The highest BCUT2D eigenvalue weighted by molar-refractivity contribution is 5.83. The van der Waals surface area contributed by atoms with E-state index in [1.807, 2.05) is 55.1 Å². The fraction of sp³-hybridized carbons (Fsp3) is 0.250. The summed E-state index contributed by atoms with van der Waals surface area (Å²) in [5, 5.41) is 4.16. The van der Waals surface area contributed by atoms with Crippen molar-refractivity contribution in [3.8, 4) is 11.1 Å². The lowest BCUT2D eigenvalue weighted by molar-refractivity contribution is 0.0675. The van der Waals surface area contributed by atoms with E-state index in [9.17, 15) is 4.39 Å². The molecule has 1 fully saturated rings. The monoisotopic (exact) mass is 420 g/mol. The molecule has 2 aromatic carbocycles. The van der Waals surface area contributed by atoms with Gasteiger partial charge in [0.15, 0.2) is 5.96 Å². The maximum absolute atomic E-state index is 14.9. The number of aromatic nitrogens is 1. The molecule has 0 bridgehead atoms. The summed E-state index contributed by atoms with van der Waals surface area (Å²) in [6, 6.07) is 16.4. The van der Waals surface area contributed by atoms with Crippen molar-refractivity contribution < 1.29 is 13.7 Å². The van der Waals surface area contributed by atoms with E-state index in [1.54, 1.807) is 12.1 Å². The Morgan fingerprint density at radius 2 is 1.81 bits per heavy atom. The fourth-order valence-corrected chi connectivity index (χ4v) is 3.63. The van der Waals surface area contributed by atoms with Crippen molar-refractivity contribution in [2.45, 2.75) is 13.8 Å². The second-order valence-electron chi connectivity index (χ2n) is 7.56. The maximum atomic E-state index is 14.9. The summed E-state index contributed by atoms with van der Waals surface area (Å²) >= 11 is 0. The Hall–Kier alpha value is -3.45. The number of guanidine groups is 1. The summed E-state index contributed by atoms with van der Waals surface area (Å²) in [5.74, 6) is 0.378. The predicted molar refractivity (Wildman–Crippen MR) is 119 cm³/mol. The first-order valence-corrected chi connectivity index (χ1v) is 10.2. The van der Waals surface area contributed by atoms with Crippen LogP contribution in [0.1, 0.15) is 25.1 Å². The largest absolute Gasteiger partial charge is 0.378 e. The van der Waals surface area contributed by atoms with Crippen molar-refractivity contribution in [1.82, 2.24) is 10.1 Å². The molecule has 0 aliphatic carbocycles. The van der Waals surface area contributed by atoms with Crippen molar-refractivity contribution in [2.75, 3.05) is 26.3 Å². The molecule has 1 aliphatic rings. The number of benzene rings is 2. The van der Waals surface area contributed by atoms with Gasteiger partial charge < -0.3 is 19.9 Å². The van der Waals surface area contributed by atoms with Crippen molar-refractivity contribution in [1.29, 1.82) is 0 Å². The first-order chi connectivity index (χ1) is 15.0. The van der Waals surface area contributed by atoms with Crippen LogP contribution in [-0.4, -0.2) is 42.3 Å². The molecule has 4 rings (SSSR count). The Morgan fingerprint density at radius 1 is 1.06 bits per heavy atom. The Kier molecular flexibility index (Phi) is 6.13. The van der Waals surface area contributed by atoms with Gasteiger partial charge in [0.25, 0.3) is 5.88 Å². The van der Waals surface area contributed by atoms with E-state index >= 15 is 0 Å². The highest BCUT2D eigenvalue weighted by atomic mass is 19.1. The molecule has 0 amide bonds. The third kappa shape index (κ3) is 4.67. The normalized spacial score (nSPS) is 14.5. The molecule has 2 heterocycles. The second-order valence-corrected chi connectivity index (χ2v) is 7.56. The van der Waals surface area contributed by atoms with Gasteiger partial charge in [-0.2, -0.15) is 4.99 Å². The van der Waals surface area contributed by atoms with Crippen molar-refractivity contribution in [3.05, 3.63) is 77.2 Å². The van der Waals surface area contributed by atoms with E-state index in [2.05, 4.69) is 10.1 Å². The number of ether oxygens (including phenoxy) is 1. The smallest absolute Gasteiger partial charge is 0.254 e. The van der Waals surface area contributed by atoms with Gasteiger partial charge in [0.05, 0.1) is 13.2 Å². The lowest BCUT2D eigenvalue weighted by Crippen LogP contribution is -2.44. The number of hydrogen-bond acceptors (Lipinski definition) is 4. The molecular formula is C24H25FN4O2. The predicted octanol–water partition coefficient (Wildman–Crippen LogP) is 4.60. The van der Waals surface area contributed by atoms with Crippen LogP contribution in [0, 0.1) is 5.82 Å². The Labute approximate surface area is 180 Å². The molecule has 1 aliphatic heterocycles. The van der Waals surface area contributed by atoms with Crippen molar-refractivity contribution in [3.63, 3.8) is 0 Å². The molecule has 2 N–H and O–H groups in total. The fourth-order valence-electron chi connectivity index (χ4n) is 3.63. The number of halogens is 1. The summed E-state index contributed by atoms with van der Waals surface area (Å²) in [5.41, 5.74) is 10.6. The third-order valence-corrected chi connectivity index (χ3v) is 5.16. The molecule has 1 saturated heterocycles. The summed E-state index contributed by atoms with van der Waals surface area (Å²) in [7, 11) is 0. The lowest BCUT2D eigenvalue weighted by Gasteiger charge is -2.27. The zero-order valence-electron chi connectivity index (χ0n) is 17.6. The minimum absolute atomic E-state index is 0.291. The standard InChI is InChI=1S/C24H25FN4O2/c1-16(2)23(18-8-9-19(20(25)14-18)17-6-4-3-5-7-17)21-15-22(31-28-21)27-24(26)29-10-12-30-13-11-29/h3-9,14-15H,10-13H2,1-2H3,(H2,26,27). The third-order valence-electron chi connectivity index (χ3n) is 5.16.